The molecule has 2 fully saturated rings. The van der Waals surface area contributed by atoms with Gasteiger partial charge in [-0.1, -0.05) is 13.8 Å². The fourth-order valence-electron chi connectivity index (χ4n) is 3.82. The molecule has 2 atom stereocenters. The van der Waals surface area contributed by atoms with Crippen molar-refractivity contribution in [2.75, 3.05) is 45.8 Å². The summed E-state index contributed by atoms with van der Waals surface area (Å²) in [5.41, 5.74) is 0. The van der Waals surface area contributed by atoms with Crippen molar-refractivity contribution in [2.24, 2.45) is 10.9 Å². The van der Waals surface area contributed by atoms with Crippen LogP contribution >= 0.6 is 24.0 Å². The number of hydrogen-bond acceptors (Lipinski definition) is 3. The van der Waals surface area contributed by atoms with E-state index in [1.807, 2.05) is 11.8 Å². The SMILES string of the molecule is CCNC(=NCCCN1CCCC(C)C1)NC1CCN(C(=O)CC)C1.I. The van der Waals surface area contributed by atoms with Crippen LogP contribution in [0.3, 0.4) is 0 Å². The number of carbonyl (C=O) groups is 1. The van der Waals surface area contributed by atoms with E-state index in [9.17, 15) is 4.79 Å². The molecule has 0 aliphatic carbocycles. The molecule has 0 aromatic heterocycles. The molecule has 2 rings (SSSR count). The summed E-state index contributed by atoms with van der Waals surface area (Å²) in [7, 11) is 0. The summed E-state index contributed by atoms with van der Waals surface area (Å²) in [6, 6.07) is 0.316. The molecule has 2 saturated heterocycles. The van der Waals surface area contributed by atoms with Crippen LogP contribution in [0.5, 0.6) is 0 Å². The summed E-state index contributed by atoms with van der Waals surface area (Å²) >= 11 is 0. The van der Waals surface area contributed by atoms with Crippen molar-refractivity contribution in [3.05, 3.63) is 0 Å². The lowest BCUT2D eigenvalue weighted by Gasteiger charge is -2.30. The van der Waals surface area contributed by atoms with Gasteiger partial charge in [-0.15, -0.1) is 24.0 Å². The second kappa shape index (κ2) is 12.8. The molecule has 2 N–H and O–H groups in total. The van der Waals surface area contributed by atoms with E-state index < -0.39 is 0 Å². The Labute approximate surface area is 176 Å². The third-order valence-electron chi connectivity index (χ3n) is 5.17. The summed E-state index contributed by atoms with van der Waals surface area (Å²) in [4.78, 5) is 21.1. The van der Waals surface area contributed by atoms with Crippen molar-refractivity contribution in [3.63, 3.8) is 0 Å². The van der Waals surface area contributed by atoms with Crippen molar-refractivity contribution in [3.8, 4) is 0 Å². The standard InChI is InChI=1S/C19H37N5O.HI/c1-4-18(25)24-13-9-17(15-24)22-19(20-5-2)21-10-7-12-23-11-6-8-16(3)14-23;/h16-17H,4-15H2,1-3H3,(H2,20,21,22);1H. The number of nitrogens with zero attached hydrogens (tertiary/aromatic N) is 3. The maximum absolute atomic E-state index is 11.8. The average Bonchev–Trinajstić information content (AvgIpc) is 3.07. The second-order valence-corrected chi connectivity index (χ2v) is 7.49. The number of carbonyl (C=O) groups excluding carboxylic acids is 1. The van der Waals surface area contributed by atoms with Crippen molar-refractivity contribution >= 4 is 35.8 Å². The van der Waals surface area contributed by atoms with Crippen LogP contribution in [-0.4, -0.2) is 73.5 Å². The Balaban J connectivity index is 0.00000338. The Morgan fingerprint density at radius 3 is 2.69 bits per heavy atom. The van der Waals surface area contributed by atoms with Gasteiger partial charge in [0.25, 0.3) is 0 Å². The van der Waals surface area contributed by atoms with Gasteiger partial charge in [0.2, 0.25) is 5.91 Å². The summed E-state index contributed by atoms with van der Waals surface area (Å²) in [6.45, 7) is 13.4. The highest BCUT2D eigenvalue weighted by atomic mass is 127. The minimum Gasteiger partial charge on any atom is -0.357 e. The van der Waals surface area contributed by atoms with Gasteiger partial charge in [-0.2, -0.15) is 0 Å². The number of likely N-dealkylation sites (tertiary alicyclic amines) is 2. The Hall–Kier alpha value is -0.570. The first-order chi connectivity index (χ1) is 12.1. The molecule has 1 amide bonds. The number of halogens is 1. The monoisotopic (exact) mass is 479 g/mol. The van der Waals surface area contributed by atoms with Gasteiger partial charge in [-0.25, -0.2) is 0 Å². The van der Waals surface area contributed by atoms with E-state index in [1.54, 1.807) is 0 Å². The van der Waals surface area contributed by atoms with Crippen molar-refractivity contribution in [1.82, 2.24) is 20.4 Å². The molecule has 0 bridgehead atoms. The number of aliphatic imine (C=N–C) groups is 1. The minimum absolute atomic E-state index is 0. The molecule has 26 heavy (non-hydrogen) atoms. The van der Waals surface area contributed by atoms with Crippen LogP contribution in [0.15, 0.2) is 4.99 Å². The quantitative estimate of drug-likeness (QED) is 0.255. The number of nitrogens with one attached hydrogen (secondary N) is 2. The highest BCUT2D eigenvalue weighted by Gasteiger charge is 2.25. The maximum atomic E-state index is 11.8. The van der Waals surface area contributed by atoms with Crippen molar-refractivity contribution in [1.29, 1.82) is 0 Å². The lowest BCUT2D eigenvalue weighted by Crippen LogP contribution is -2.45. The van der Waals surface area contributed by atoms with E-state index in [-0.39, 0.29) is 29.9 Å². The molecule has 152 valence electrons. The highest BCUT2D eigenvalue weighted by molar-refractivity contribution is 14.0. The third kappa shape index (κ3) is 7.98. The van der Waals surface area contributed by atoms with Gasteiger partial charge >= 0.3 is 0 Å². The predicted octanol–water partition coefficient (Wildman–Crippen LogP) is 2.29. The molecule has 0 saturated carbocycles. The minimum atomic E-state index is 0. The van der Waals surface area contributed by atoms with Crippen LogP contribution in [0.25, 0.3) is 0 Å². The summed E-state index contributed by atoms with van der Waals surface area (Å²) in [5, 5.41) is 6.84. The Morgan fingerprint density at radius 2 is 2.00 bits per heavy atom. The van der Waals surface area contributed by atoms with Crippen molar-refractivity contribution in [2.45, 2.75) is 58.9 Å². The molecular formula is C19H38IN5O. The zero-order valence-electron chi connectivity index (χ0n) is 16.8. The summed E-state index contributed by atoms with van der Waals surface area (Å²) in [5.74, 6) is 1.99. The summed E-state index contributed by atoms with van der Waals surface area (Å²) < 4.78 is 0. The van der Waals surface area contributed by atoms with Gasteiger partial charge in [0.1, 0.15) is 0 Å². The number of hydrogen-bond donors (Lipinski definition) is 2. The molecule has 2 heterocycles. The third-order valence-corrected chi connectivity index (χ3v) is 5.17. The van der Waals surface area contributed by atoms with Gasteiger partial charge in [-0.3, -0.25) is 9.79 Å². The van der Waals surface area contributed by atoms with Crippen LogP contribution in [-0.2, 0) is 4.79 Å². The predicted molar refractivity (Wildman–Crippen MR) is 119 cm³/mol. The lowest BCUT2D eigenvalue weighted by atomic mass is 10.0. The number of rotatable bonds is 7. The maximum Gasteiger partial charge on any atom is 0.222 e. The molecule has 0 spiro atoms. The van der Waals surface area contributed by atoms with E-state index >= 15 is 0 Å². The van der Waals surface area contributed by atoms with Crippen LogP contribution in [0.2, 0.25) is 0 Å². The molecule has 2 aliphatic heterocycles. The average molecular weight is 479 g/mol. The molecule has 7 heteroatoms. The van der Waals surface area contributed by atoms with Gasteiger partial charge in [-0.05, 0) is 51.6 Å². The Bertz CT molecular complexity index is 446. The Morgan fingerprint density at radius 1 is 1.19 bits per heavy atom. The van der Waals surface area contributed by atoms with Crippen LogP contribution in [0.4, 0.5) is 0 Å². The number of guanidine groups is 1. The van der Waals surface area contributed by atoms with E-state index in [4.69, 9.17) is 4.99 Å². The fraction of sp³-hybridized carbons (Fsp3) is 0.895. The largest absolute Gasteiger partial charge is 0.357 e. The second-order valence-electron chi connectivity index (χ2n) is 7.49. The van der Waals surface area contributed by atoms with E-state index in [0.717, 1.165) is 57.4 Å². The summed E-state index contributed by atoms with van der Waals surface area (Å²) in [6.07, 6.45) is 5.41. The lowest BCUT2D eigenvalue weighted by molar-refractivity contribution is -0.129. The molecule has 0 aromatic carbocycles. The molecule has 2 unspecified atom stereocenters. The van der Waals surface area contributed by atoms with Crippen LogP contribution in [0.1, 0.15) is 52.9 Å². The van der Waals surface area contributed by atoms with Crippen molar-refractivity contribution < 1.29 is 4.79 Å². The molecule has 0 radical (unpaired) electrons. The van der Waals surface area contributed by atoms with Gasteiger partial charge < -0.3 is 20.4 Å². The topological polar surface area (TPSA) is 60.0 Å². The highest BCUT2D eigenvalue weighted by Crippen LogP contribution is 2.15. The molecule has 0 aromatic rings. The van der Waals surface area contributed by atoms with Gasteiger partial charge in [0.15, 0.2) is 5.96 Å². The van der Waals surface area contributed by atoms with E-state index in [1.165, 1.54) is 25.9 Å². The normalized spacial score (nSPS) is 24.3. The fourth-order valence-corrected chi connectivity index (χ4v) is 3.82. The first kappa shape index (κ1) is 23.5. The first-order valence-corrected chi connectivity index (χ1v) is 10.2. The zero-order chi connectivity index (χ0) is 18.1. The Kier molecular flexibility index (Phi) is 11.5. The molecular weight excluding hydrogens is 441 g/mol. The smallest absolute Gasteiger partial charge is 0.222 e. The number of amides is 1. The van der Waals surface area contributed by atoms with E-state index in [0.29, 0.717) is 12.5 Å². The van der Waals surface area contributed by atoms with Gasteiger partial charge in [0, 0.05) is 45.2 Å². The zero-order valence-corrected chi connectivity index (χ0v) is 19.1. The first-order valence-electron chi connectivity index (χ1n) is 10.2. The number of piperidine rings is 1. The van der Waals surface area contributed by atoms with E-state index in [2.05, 4.69) is 29.4 Å². The molecule has 6 nitrogen and oxygen atoms in total. The van der Waals surface area contributed by atoms with Crippen LogP contribution < -0.4 is 10.6 Å². The van der Waals surface area contributed by atoms with Gasteiger partial charge in [0.05, 0.1) is 0 Å². The van der Waals surface area contributed by atoms with Crippen LogP contribution in [0, 0.1) is 5.92 Å². The molecule has 2 aliphatic rings.